The molecule has 34 heavy (non-hydrogen) atoms. The maximum absolute atomic E-state index is 12.9. The Hall–Kier alpha value is -4.60. The first-order chi connectivity index (χ1) is 16.5. The third-order valence-electron chi connectivity index (χ3n) is 5.12. The molecule has 10 nitrogen and oxygen atoms in total. The average Bonchev–Trinajstić information content (AvgIpc) is 3.13. The zero-order valence-corrected chi connectivity index (χ0v) is 19.0. The summed E-state index contributed by atoms with van der Waals surface area (Å²) in [4.78, 5) is 22.2. The van der Waals surface area contributed by atoms with E-state index in [2.05, 4.69) is 27.0 Å². The number of nitrogens with two attached hydrogens (primary N) is 1. The van der Waals surface area contributed by atoms with Crippen LogP contribution in [0.4, 0.5) is 5.82 Å². The molecule has 0 atom stereocenters. The van der Waals surface area contributed by atoms with Crippen LogP contribution in [0.25, 0.3) is 22.2 Å². The van der Waals surface area contributed by atoms with E-state index < -0.39 is 5.91 Å². The van der Waals surface area contributed by atoms with Gasteiger partial charge in [0, 0.05) is 12.1 Å². The second-order valence-corrected chi connectivity index (χ2v) is 7.16. The third-order valence-corrected chi connectivity index (χ3v) is 5.12. The van der Waals surface area contributed by atoms with Crippen molar-refractivity contribution < 1.29 is 19.0 Å². The van der Waals surface area contributed by atoms with E-state index >= 15 is 0 Å². The predicted octanol–water partition coefficient (Wildman–Crippen LogP) is 2.99. The molecular weight excluding hydrogens is 436 g/mol. The first-order valence-corrected chi connectivity index (χ1v) is 10.3. The number of amides is 1. The Morgan fingerprint density at radius 3 is 2.35 bits per heavy atom. The van der Waals surface area contributed by atoms with Crippen LogP contribution in [0.3, 0.4) is 0 Å². The number of nitrogens with zero attached hydrogens (tertiary/aromatic N) is 4. The second kappa shape index (κ2) is 9.49. The molecule has 0 aliphatic carbocycles. The van der Waals surface area contributed by atoms with Gasteiger partial charge in [-0.05, 0) is 24.3 Å². The summed E-state index contributed by atoms with van der Waals surface area (Å²) in [5.41, 5.74) is 9.22. The molecule has 0 radical (unpaired) electrons. The molecule has 0 spiro atoms. The van der Waals surface area contributed by atoms with E-state index in [4.69, 9.17) is 19.9 Å². The Balaban J connectivity index is 1.89. The van der Waals surface area contributed by atoms with Crippen LogP contribution < -0.4 is 25.3 Å². The van der Waals surface area contributed by atoms with Crippen molar-refractivity contribution in [2.24, 2.45) is 5.10 Å². The molecule has 2 heterocycles. The number of rotatable bonds is 8. The lowest BCUT2D eigenvalue weighted by Gasteiger charge is -2.12. The predicted molar refractivity (Wildman–Crippen MR) is 131 cm³/mol. The van der Waals surface area contributed by atoms with Crippen molar-refractivity contribution in [2.45, 2.75) is 0 Å². The maximum Gasteiger partial charge on any atom is 0.257 e. The van der Waals surface area contributed by atoms with Gasteiger partial charge in [0.15, 0.2) is 17.1 Å². The monoisotopic (exact) mass is 460 g/mol. The van der Waals surface area contributed by atoms with Crippen molar-refractivity contribution in [3.8, 4) is 17.2 Å². The zero-order valence-electron chi connectivity index (χ0n) is 19.0. The highest BCUT2D eigenvalue weighted by Gasteiger charge is 2.24. The number of benzene rings is 2. The van der Waals surface area contributed by atoms with Crippen LogP contribution in [0.1, 0.15) is 15.9 Å². The van der Waals surface area contributed by atoms with Crippen molar-refractivity contribution >= 4 is 40.1 Å². The minimum atomic E-state index is -0.395. The summed E-state index contributed by atoms with van der Waals surface area (Å²) in [6.07, 6.45) is 3.14. The quantitative estimate of drug-likeness (QED) is 0.306. The standard InChI is InChI=1S/C24H24N6O4/c1-5-10-26-24(31)19-20-23(29-16-9-7-6-8-15(16)28-20)30(22(19)25)27-13-14-11-17(32-2)21(34-4)18(12-14)33-3/h5-9,11-13H,1,10,25H2,2-4H3,(H,26,31)/b27-13-. The molecule has 2 aromatic carbocycles. The van der Waals surface area contributed by atoms with Gasteiger partial charge in [-0.15, -0.1) is 6.58 Å². The summed E-state index contributed by atoms with van der Waals surface area (Å²) in [5.74, 6) is 1.13. The Labute approximate surface area is 195 Å². The van der Waals surface area contributed by atoms with Crippen LogP contribution in [0, 0.1) is 0 Å². The summed E-state index contributed by atoms with van der Waals surface area (Å²) in [7, 11) is 4.59. The number of nitrogens with one attached hydrogen (secondary N) is 1. The Kier molecular flexibility index (Phi) is 6.30. The van der Waals surface area contributed by atoms with E-state index in [1.54, 1.807) is 24.4 Å². The molecule has 0 saturated heterocycles. The van der Waals surface area contributed by atoms with Crippen LogP contribution in [0.2, 0.25) is 0 Å². The van der Waals surface area contributed by atoms with Gasteiger partial charge >= 0.3 is 0 Å². The fraction of sp³-hybridized carbons (Fsp3) is 0.167. The van der Waals surface area contributed by atoms with Crippen LogP contribution >= 0.6 is 0 Å². The molecule has 4 rings (SSSR count). The number of carbonyl (C=O) groups excluding carboxylic acids is 1. The summed E-state index contributed by atoms with van der Waals surface area (Å²) in [6, 6.07) is 10.8. The molecule has 1 amide bonds. The number of methoxy groups -OCH3 is 3. The molecule has 0 bridgehead atoms. The minimum Gasteiger partial charge on any atom is -0.493 e. The number of fused-ring (bicyclic) bond motifs is 2. The summed E-state index contributed by atoms with van der Waals surface area (Å²) < 4.78 is 17.6. The van der Waals surface area contributed by atoms with Crippen molar-refractivity contribution in [1.29, 1.82) is 0 Å². The zero-order chi connectivity index (χ0) is 24.2. The first kappa shape index (κ1) is 22.6. The lowest BCUT2D eigenvalue weighted by Crippen LogP contribution is -2.24. The fourth-order valence-electron chi connectivity index (χ4n) is 3.54. The van der Waals surface area contributed by atoms with E-state index in [1.807, 2.05) is 24.3 Å². The highest BCUT2D eigenvalue weighted by atomic mass is 16.5. The van der Waals surface area contributed by atoms with E-state index in [-0.39, 0.29) is 17.9 Å². The molecule has 2 aromatic heterocycles. The largest absolute Gasteiger partial charge is 0.493 e. The molecule has 3 N–H and O–H groups in total. The number of hydrogen-bond acceptors (Lipinski definition) is 8. The summed E-state index contributed by atoms with van der Waals surface area (Å²) >= 11 is 0. The van der Waals surface area contributed by atoms with Crippen molar-refractivity contribution in [2.75, 3.05) is 33.6 Å². The van der Waals surface area contributed by atoms with E-state index in [0.29, 0.717) is 45.0 Å². The molecule has 174 valence electrons. The lowest BCUT2D eigenvalue weighted by atomic mass is 10.2. The number of nitrogen functional groups attached to an aromatic ring is 1. The molecule has 10 heteroatoms. The highest BCUT2D eigenvalue weighted by molar-refractivity contribution is 6.10. The number of anilines is 1. The molecule has 0 aliphatic heterocycles. The van der Waals surface area contributed by atoms with Gasteiger partial charge in [-0.2, -0.15) is 9.78 Å². The van der Waals surface area contributed by atoms with E-state index in [0.717, 1.165) is 0 Å². The third kappa shape index (κ3) is 3.96. The number of aromatic nitrogens is 3. The van der Waals surface area contributed by atoms with Gasteiger partial charge in [0.1, 0.15) is 16.9 Å². The van der Waals surface area contributed by atoms with Crippen LogP contribution in [0.5, 0.6) is 17.2 Å². The normalized spacial score (nSPS) is 11.1. The Morgan fingerprint density at radius 1 is 1.12 bits per heavy atom. The number of ether oxygens (including phenoxy) is 3. The van der Waals surface area contributed by atoms with Gasteiger partial charge in [-0.1, -0.05) is 18.2 Å². The summed E-state index contributed by atoms with van der Waals surface area (Å²) in [5, 5.41) is 7.26. The van der Waals surface area contributed by atoms with E-state index in [1.165, 1.54) is 26.0 Å². The topological polar surface area (TPSA) is 126 Å². The van der Waals surface area contributed by atoms with Gasteiger partial charge in [-0.3, -0.25) is 4.79 Å². The van der Waals surface area contributed by atoms with Gasteiger partial charge in [0.25, 0.3) is 5.91 Å². The van der Waals surface area contributed by atoms with Gasteiger partial charge in [0.2, 0.25) is 5.75 Å². The molecule has 0 fully saturated rings. The SMILES string of the molecule is C=CCNC(=O)c1c(N)n(/N=C\c2cc(OC)c(OC)c(OC)c2)c2nc3ccccc3nc12. The van der Waals surface area contributed by atoms with Gasteiger partial charge in [-0.25, -0.2) is 9.97 Å². The molecule has 4 aromatic rings. The maximum atomic E-state index is 12.9. The number of para-hydroxylation sites is 2. The average molecular weight is 460 g/mol. The van der Waals surface area contributed by atoms with E-state index in [9.17, 15) is 4.79 Å². The molecule has 0 unspecified atom stereocenters. The van der Waals surface area contributed by atoms with Crippen molar-refractivity contribution in [1.82, 2.24) is 20.0 Å². The van der Waals surface area contributed by atoms with Crippen molar-refractivity contribution in [3.05, 3.63) is 60.2 Å². The van der Waals surface area contributed by atoms with Gasteiger partial charge in [0.05, 0.1) is 38.6 Å². The molecule has 0 saturated carbocycles. The smallest absolute Gasteiger partial charge is 0.257 e. The Morgan fingerprint density at radius 2 is 1.76 bits per heavy atom. The second-order valence-electron chi connectivity index (χ2n) is 7.16. The number of carbonyl (C=O) groups is 1. The Bertz CT molecular complexity index is 1400. The van der Waals surface area contributed by atoms with Gasteiger partial charge < -0.3 is 25.3 Å². The van der Waals surface area contributed by atoms with Crippen LogP contribution in [-0.4, -0.2) is 54.6 Å². The minimum absolute atomic E-state index is 0.107. The first-order valence-electron chi connectivity index (χ1n) is 10.3. The molecular formula is C24H24N6O4. The fourth-order valence-corrected chi connectivity index (χ4v) is 3.54. The van der Waals surface area contributed by atoms with Crippen molar-refractivity contribution in [3.63, 3.8) is 0 Å². The van der Waals surface area contributed by atoms with Crippen LogP contribution in [0.15, 0.2) is 54.2 Å². The lowest BCUT2D eigenvalue weighted by molar-refractivity contribution is 0.0960. The molecule has 0 aliphatic rings. The summed E-state index contributed by atoms with van der Waals surface area (Å²) in [6.45, 7) is 3.91. The highest BCUT2D eigenvalue weighted by Crippen LogP contribution is 2.38. The number of hydrogen-bond donors (Lipinski definition) is 2. The van der Waals surface area contributed by atoms with Crippen LogP contribution in [-0.2, 0) is 0 Å².